The van der Waals surface area contributed by atoms with E-state index in [0.29, 0.717) is 0 Å². The summed E-state index contributed by atoms with van der Waals surface area (Å²) in [6, 6.07) is 4.16. The lowest BCUT2D eigenvalue weighted by molar-refractivity contribution is -0.123. The molecule has 1 aromatic rings. The lowest BCUT2D eigenvalue weighted by Crippen LogP contribution is -2.20. The number of ether oxygens (including phenoxy) is 1. The molecule has 0 aromatic heterocycles. The van der Waals surface area contributed by atoms with Crippen LogP contribution >= 0.6 is 22.6 Å². The number of benzene rings is 1. The van der Waals surface area contributed by atoms with Gasteiger partial charge in [0.1, 0.15) is 12.4 Å². The van der Waals surface area contributed by atoms with E-state index in [1.54, 1.807) is 0 Å². The Balaban J connectivity index is 2.91. The quantitative estimate of drug-likeness (QED) is 0.778. The van der Waals surface area contributed by atoms with E-state index in [-0.39, 0.29) is 24.3 Å². The molecule has 106 valence electrons. The van der Waals surface area contributed by atoms with Crippen LogP contribution in [0.15, 0.2) is 12.1 Å². The van der Waals surface area contributed by atoms with Crippen molar-refractivity contribution in [3.63, 3.8) is 0 Å². The van der Waals surface area contributed by atoms with Gasteiger partial charge in [-0.2, -0.15) is 0 Å². The van der Waals surface area contributed by atoms with Crippen LogP contribution in [0.2, 0.25) is 0 Å². The molecular weight excluding hydrogens is 353 g/mol. The molecule has 0 amide bonds. The number of halogens is 1. The minimum atomic E-state index is 0.00130. The number of carbonyl (C=O) groups is 1. The standard InChI is InChI=1S/C15H22INO2/c1-9(2)14(18)8-19-15-7-13(16)10(3)5-12(15)6-11(4)17/h5,7,9,11H,6,8,17H2,1-4H3. The molecule has 0 saturated heterocycles. The highest BCUT2D eigenvalue weighted by molar-refractivity contribution is 14.1. The van der Waals surface area contributed by atoms with Crippen LogP contribution in [0.3, 0.4) is 0 Å². The molecule has 0 bridgehead atoms. The lowest BCUT2D eigenvalue weighted by Gasteiger charge is -2.15. The van der Waals surface area contributed by atoms with Crippen molar-refractivity contribution < 1.29 is 9.53 Å². The van der Waals surface area contributed by atoms with Crippen LogP contribution in [-0.4, -0.2) is 18.4 Å². The van der Waals surface area contributed by atoms with Crippen molar-refractivity contribution in [3.8, 4) is 5.75 Å². The van der Waals surface area contributed by atoms with Gasteiger partial charge in [-0.05, 0) is 60.1 Å². The van der Waals surface area contributed by atoms with Gasteiger partial charge in [-0.25, -0.2) is 0 Å². The summed E-state index contributed by atoms with van der Waals surface area (Å²) in [7, 11) is 0. The highest BCUT2D eigenvalue weighted by atomic mass is 127. The number of ketones is 1. The molecule has 0 fully saturated rings. The fourth-order valence-electron chi connectivity index (χ4n) is 1.68. The highest BCUT2D eigenvalue weighted by Gasteiger charge is 2.13. The van der Waals surface area contributed by atoms with Crippen molar-refractivity contribution in [1.29, 1.82) is 0 Å². The van der Waals surface area contributed by atoms with E-state index < -0.39 is 0 Å². The second-order valence-corrected chi connectivity index (χ2v) is 6.46. The smallest absolute Gasteiger partial charge is 0.172 e. The SMILES string of the molecule is Cc1cc(CC(C)N)c(OCC(=O)C(C)C)cc1I. The summed E-state index contributed by atoms with van der Waals surface area (Å²) in [5.74, 6) is 0.894. The van der Waals surface area contributed by atoms with Gasteiger partial charge in [0.25, 0.3) is 0 Å². The van der Waals surface area contributed by atoms with E-state index in [9.17, 15) is 4.79 Å². The van der Waals surface area contributed by atoms with Crippen LogP contribution in [0, 0.1) is 16.4 Å². The first-order valence-corrected chi connectivity index (χ1v) is 7.59. The minimum Gasteiger partial charge on any atom is -0.486 e. The summed E-state index contributed by atoms with van der Waals surface area (Å²) < 4.78 is 6.82. The van der Waals surface area contributed by atoms with Crippen LogP contribution in [-0.2, 0) is 11.2 Å². The van der Waals surface area contributed by atoms with Gasteiger partial charge >= 0.3 is 0 Å². The molecule has 0 heterocycles. The number of hydrogen-bond donors (Lipinski definition) is 1. The summed E-state index contributed by atoms with van der Waals surface area (Å²) in [4.78, 5) is 11.6. The lowest BCUT2D eigenvalue weighted by atomic mass is 10.0. The maximum atomic E-state index is 11.6. The summed E-state index contributed by atoms with van der Waals surface area (Å²) >= 11 is 2.27. The highest BCUT2D eigenvalue weighted by Crippen LogP contribution is 2.26. The largest absolute Gasteiger partial charge is 0.486 e. The molecule has 0 aliphatic rings. The molecule has 0 radical (unpaired) electrons. The topological polar surface area (TPSA) is 52.3 Å². The third-order valence-corrected chi connectivity index (χ3v) is 4.06. The van der Waals surface area contributed by atoms with Crippen LogP contribution in [0.1, 0.15) is 31.9 Å². The van der Waals surface area contributed by atoms with Gasteiger partial charge in [0.15, 0.2) is 5.78 Å². The number of rotatable bonds is 6. The molecule has 2 N–H and O–H groups in total. The minimum absolute atomic E-state index is 0.00130. The van der Waals surface area contributed by atoms with Crippen LogP contribution < -0.4 is 10.5 Å². The summed E-state index contributed by atoms with van der Waals surface area (Å²) in [5.41, 5.74) is 8.14. The Morgan fingerprint density at radius 3 is 2.53 bits per heavy atom. The fourth-order valence-corrected chi connectivity index (χ4v) is 2.12. The molecule has 0 saturated carbocycles. The summed E-state index contributed by atoms with van der Waals surface area (Å²) in [6.45, 7) is 7.93. The summed E-state index contributed by atoms with van der Waals surface area (Å²) in [6.07, 6.45) is 0.753. The Morgan fingerprint density at radius 2 is 2.00 bits per heavy atom. The zero-order valence-corrected chi connectivity index (χ0v) is 14.2. The predicted molar refractivity (Wildman–Crippen MR) is 86.6 cm³/mol. The average Bonchev–Trinajstić information content (AvgIpc) is 2.30. The van der Waals surface area contributed by atoms with Gasteiger partial charge in [0, 0.05) is 15.5 Å². The molecule has 1 aromatic carbocycles. The molecule has 1 atom stereocenters. The van der Waals surface area contributed by atoms with E-state index >= 15 is 0 Å². The first-order valence-electron chi connectivity index (χ1n) is 6.51. The van der Waals surface area contributed by atoms with Gasteiger partial charge in [-0.3, -0.25) is 4.79 Å². The fraction of sp³-hybridized carbons (Fsp3) is 0.533. The Morgan fingerprint density at radius 1 is 1.37 bits per heavy atom. The van der Waals surface area contributed by atoms with Gasteiger partial charge in [-0.15, -0.1) is 0 Å². The van der Waals surface area contributed by atoms with E-state index in [1.165, 1.54) is 5.56 Å². The zero-order valence-electron chi connectivity index (χ0n) is 12.0. The van der Waals surface area contributed by atoms with Crippen molar-refractivity contribution in [3.05, 3.63) is 26.8 Å². The molecule has 0 aliphatic carbocycles. The second-order valence-electron chi connectivity index (χ2n) is 5.30. The van der Waals surface area contributed by atoms with Gasteiger partial charge in [0.2, 0.25) is 0 Å². The molecule has 4 heteroatoms. The van der Waals surface area contributed by atoms with Gasteiger partial charge in [0.05, 0.1) is 0 Å². The molecule has 1 unspecified atom stereocenters. The molecular formula is C15H22INO2. The Hall–Kier alpha value is -0.620. The average molecular weight is 375 g/mol. The van der Waals surface area contributed by atoms with E-state index in [0.717, 1.165) is 21.3 Å². The number of carbonyl (C=O) groups excluding carboxylic acids is 1. The maximum absolute atomic E-state index is 11.6. The van der Waals surface area contributed by atoms with Crippen LogP contribution in [0.4, 0.5) is 0 Å². The Labute approximate surface area is 129 Å². The Bertz CT molecular complexity index is 456. The molecule has 0 spiro atoms. The normalized spacial score (nSPS) is 12.6. The van der Waals surface area contributed by atoms with Crippen molar-refractivity contribution in [2.24, 2.45) is 11.7 Å². The predicted octanol–water partition coefficient (Wildman–Crippen LogP) is 3.09. The van der Waals surface area contributed by atoms with Crippen LogP contribution in [0.25, 0.3) is 0 Å². The summed E-state index contributed by atoms with van der Waals surface area (Å²) in [5, 5.41) is 0. The van der Waals surface area contributed by atoms with Crippen molar-refractivity contribution in [2.45, 2.75) is 40.2 Å². The van der Waals surface area contributed by atoms with Gasteiger partial charge < -0.3 is 10.5 Å². The molecule has 19 heavy (non-hydrogen) atoms. The molecule has 3 nitrogen and oxygen atoms in total. The van der Waals surface area contributed by atoms with Crippen molar-refractivity contribution in [1.82, 2.24) is 0 Å². The van der Waals surface area contributed by atoms with E-state index in [2.05, 4.69) is 35.6 Å². The Kier molecular flexibility index (Phi) is 6.26. The third kappa shape index (κ3) is 5.10. The zero-order chi connectivity index (χ0) is 14.6. The van der Waals surface area contributed by atoms with E-state index in [1.807, 2.05) is 26.8 Å². The number of Topliss-reactive ketones (excluding diaryl/α,β-unsaturated/α-hetero) is 1. The number of nitrogens with two attached hydrogens (primary N) is 1. The second kappa shape index (κ2) is 7.24. The van der Waals surface area contributed by atoms with Crippen LogP contribution in [0.5, 0.6) is 5.75 Å². The monoisotopic (exact) mass is 375 g/mol. The number of aryl methyl sites for hydroxylation is 1. The van der Waals surface area contributed by atoms with Crippen molar-refractivity contribution in [2.75, 3.05) is 6.61 Å². The molecule has 1 rings (SSSR count). The number of hydrogen-bond acceptors (Lipinski definition) is 3. The van der Waals surface area contributed by atoms with E-state index in [4.69, 9.17) is 10.5 Å². The van der Waals surface area contributed by atoms with Crippen molar-refractivity contribution >= 4 is 28.4 Å². The van der Waals surface area contributed by atoms with Gasteiger partial charge in [-0.1, -0.05) is 19.9 Å². The first kappa shape index (κ1) is 16.4. The maximum Gasteiger partial charge on any atom is 0.172 e. The third-order valence-electron chi connectivity index (χ3n) is 2.90. The molecule has 0 aliphatic heterocycles. The first-order chi connectivity index (χ1) is 8.81.